The zero-order valence-electron chi connectivity index (χ0n) is 13.4. The minimum Gasteiger partial charge on any atom is -0.314 e. The van der Waals surface area contributed by atoms with Crippen LogP contribution in [0.4, 0.5) is 0 Å². The van der Waals surface area contributed by atoms with Gasteiger partial charge in [0.25, 0.3) is 0 Å². The Kier molecular flexibility index (Phi) is 6.46. The van der Waals surface area contributed by atoms with E-state index in [2.05, 4.69) is 60.5 Å². The van der Waals surface area contributed by atoms with Crippen LogP contribution in [0.5, 0.6) is 0 Å². The van der Waals surface area contributed by atoms with E-state index in [0.29, 0.717) is 12.1 Å². The van der Waals surface area contributed by atoms with Gasteiger partial charge in [0.1, 0.15) is 0 Å². The number of hydrogen-bond donors (Lipinski definition) is 1. The number of thiophene rings is 1. The minimum atomic E-state index is 0.471. The molecule has 1 unspecified atom stereocenters. The zero-order chi connectivity index (χ0) is 15.1. The van der Waals surface area contributed by atoms with Crippen molar-refractivity contribution in [1.82, 2.24) is 15.1 Å². The molecule has 0 amide bonds. The van der Waals surface area contributed by atoms with E-state index in [-0.39, 0.29) is 0 Å². The molecule has 21 heavy (non-hydrogen) atoms. The Morgan fingerprint density at radius 1 is 1.19 bits per heavy atom. The molecule has 4 heteroatoms. The number of aromatic nitrogens is 2. The van der Waals surface area contributed by atoms with Crippen LogP contribution in [0, 0.1) is 0 Å². The summed E-state index contributed by atoms with van der Waals surface area (Å²) in [6.45, 7) is 7.63. The van der Waals surface area contributed by atoms with Crippen molar-refractivity contribution in [1.29, 1.82) is 0 Å². The third-order valence-electron chi connectivity index (χ3n) is 3.96. The van der Waals surface area contributed by atoms with Crippen LogP contribution in [0.15, 0.2) is 29.8 Å². The highest BCUT2D eigenvalue weighted by molar-refractivity contribution is 7.09. The van der Waals surface area contributed by atoms with Crippen molar-refractivity contribution in [2.24, 2.45) is 0 Å². The molecule has 0 aromatic carbocycles. The Balaban J connectivity index is 1.99. The van der Waals surface area contributed by atoms with Gasteiger partial charge in [-0.05, 0) is 43.3 Å². The van der Waals surface area contributed by atoms with Gasteiger partial charge in [-0.2, -0.15) is 5.10 Å². The van der Waals surface area contributed by atoms with Crippen molar-refractivity contribution in [3.63, 3.8) is 0 Å². The number of nitrogens with zero attached hydrogens (tertiary/aromatic N) is 2. The predicted molar refractivity (Wildman–Crippen MR) is 91.0 cm³/mol. The molecule has 116 valence electrons. The highest BCUT2D eigenvalue weighted by Crippen LogP contribution is 2.17. The molecule has 2 aromatic rings. The quantitative estimate of drug-likeness (QED) is 0.757. The molecule has 0 saturated carbocycles. The second-order valence-electron chi connectivity index (χ2n) is 5.50. The van der Waals surface area contributed by atoms with Gasteiger partial charge >= 0.3 is 0 Å². The van der Waals surface area contributed by atoms with E-state index in [1.54, 1.807) is 0 Å². The first-order valence-electron chi connectivity index (χ1n) is 8.06. The summed E-state index contributed by atoms with van der Waals surface area (Å²) in [5, 5.41) is 10.5. The van der Waals surface area contributed by atoms with E-state index < -0.39 is 0 Å². The van der Waals surface area contributed by atoms with E-state index in [4.69, 9.17) is 5.10 Å². The third-order valence-corrected chi connectivity index (χ3v) is 4.85. The maximum atomic E-state index is 4.78. The molecule has 2 rings (SSSR count). The van der Waals surface area contributed by atoms with Crippen LogP contribution in [-0.4, -0.2) is 22.4 Å². The van der Waals surface area contributed by atoms with Crippen LogP contribution in [0.25, 0.3) is 0 Å². The lowest BCUT2D eigenvalue weighted by Crippen LogP contribution is -2.33. The van der Waals surface area contributed by atoms with Crippen LogP contribution in [0.1, 0.15) is 50.2 Å². The first-order valence-corrected chi connectivity index (χ1v) is 8.94. The summed E-state index contributed by atoms with van der Waals surface area (Å²) in [4.78, 5) is 1.44. The lowest BCUT2D eigenvalue weighted by molar-refractivity contribution is 0.422. The topological polar surface area (TPSA) is 29.9 Å². The summed E-state index contributed by atoms with van der Waals surface area (Å²) in [5.74, 6) is 0. The predicted octanol–water partition coefficient (Wildman–Crippen LogP) is 4.07. The Morgan fingerprint density at radius 2 is 2.00 bits per heavy atom. The molecule has 0 bridgehead atoms. The molecule has 0 fully saturated rings. The molecule has 3 nitrogen and oxygen atoms in total. The molecular weight excluding hydrogens is 278 g/mol. The molecule has 0 radical (unpaired) electrons. The summed E-state index contributed by atoms with van der Waals surface area (Å²) in [7, 11) is 0. The van der Waals surface area contributed by atoms with Gasteiger partial charge in [-0.15, -0.1) is 11.3 Å². The molecule has 0 saturated heterocycles. The van der Waals surface area contributed by atoms with Gasteiger partial charge < -0.3 is 5.32 Å². The standard InChI is InChI=1S/C17H27N3S/c1-4-16(5-2)20-10-9-14(19-20)12-15(18-6-3)13-17-8-7-11-21-17/h7-11,15-16,18H,4-6,12-13H2,1-3H3. The SMILES string of the molecule is CCNC(Cc1ccn(C(CC)CC)n1)Cc1cccs1. The second kappa shape index (κ2) is 8.35. The molecule has 1 atom stereocenters. The average molecular weight is 305 g/mol. The summed E-state index contributed by atoms with van der Waals surface area (Å²) in [6, 6.07) is 7.53. The van der Waals surface area contributed by atoms with Crippen LogP contribution >= 0.6 is 11.3 Å². The maximum Gasteiger partial charge on any atom is 0.0640 e. The minimum absolute atomic E-state index is 0.471. The van der Waals surface area contributed by atoms with Gasteiger partial charge in [-0.1, -0.05) is 26.8 Å². The molecular formula is C17H27N3S. The highest BCUT2D eigenvalue weighted by Gasteiger charge is 2.13. The van der Waals surface area contributed by atoms with Crippen molar-refractivity contribution in [2.45, 2.75) is 58.5 Å². The Hall–Kier alpha value is -1.13. The van der Waals surface area contributed by atoms with Gasteiger partial charge in [-0.3, -0.25) is 4.68 Å². The van der Waals surface area contributed by atoms with Crippen molar-refractivity contribution in [3.05, 3.63) is 40.3 Å². The van der Waals surface area contributed by atoms with E-state index in [1.807, 2.05) is 11.3 Å². The lowest BCUT2D eigenvalue weighted by Gasteiger charge is -2.16. The fourth-order valence-corrected chi connectivity index (χ4v) is 3.57. The van der Waals surface area contributed by atoms with Gasteiger partial charge in [0.05, 0.1) is 11.7 Å². The summed E-state index contributed by atoms with van der Waals surface area (Å²) < 4.78 is 2.14. The number of nitrogens with one attached hydrogen (secondary N) is 1. The largest absolute Gasteiger partial charge is 0.314 e. The Labute approximate surface area is 132 Å². The van der Waals surface area contributed by atoms with Crippen molar-refractivity contribution >= 4 is 11.3 Å². The number of likely N-dealkylation sites (N-methyl/N-ethyl adjacent to an activating group) is 1. The van der Waals surface area contributed by atoms with E-state index in [0.717, 1.165) is 32.2 Å². The van der Waals surface area contributed by atoms with Gasteiger partial charge in [0, 0.05) is 23.5 Å². The van der Waals surface area contributed by atoms with E-state index in [9.17, 15) is 0 Å². The zero-order valence-corrected chi connectivity index (χ0v) is 14.2. The van der Waals surface area contributed by atoms with Crippen LogP contribution in [0.2, 0.25) is 0 Å². The van der Waals surface area contributed by atoms with Crippen LogP contribution in [-0.2, 0) is 12.8 Å². The van der Waals surface area contributed by atoms with Crippen molar-refractivity contribution in [2.75, 3.05) is 6.54 Å². The normalized spacial score (nSPS) is 13.0. The first-order chi connectivity index (χ1) is 10.3. The summed E-state index contributed by atoms with van der Waals surface area (Å²) in [6.07, 6.45) is 6.51. The highest BCUT2D eigenvalue weighted by atomic mass is 32.1. The number of rotatable bonds is 9. The van der Waals surface area contributed by atoms with Crippen LogP contribution in [0.3, 0.4) is 0 Å². The smallest absolute Gasteiger partial charge is 0.0640 e. The third kappa shape index (κ3) is 4.68. The molecule has 1 N–H and O–H groups in total. The van der Waals surface area contributed by atoms with Crippen LogP contribution < -0.4 is 5.32 Å². The summed E-state index contributed by atoms with van der Waals surface area (Å²) >= 11 is 1.84. The first kappa shape index (κ1) is 16.2. The monoisotopic (exact) mass is 305 g/mol. The number of hydrogen-bond acceptors (Lipinski definition) is 3. The average Bonchev–Trinajstić information content (AvgIpc) is 3.13. The van der Waals surface area contributed by atoms with Crippen molar-refractivity contribution in [3.8, 4) is 0 Å². The molecule has 0 aliphatic carbocycles. The molecule has 2 aromatic heterocycles. The Morgan fingerprint density at radius 3 is 2.62 bits per heavy atom. The van der Waals surface area contributed by atoms with Crippen molar-refractivity contribution < 1.29 is 0 Å². The lowest BCUT2D eigenvalue weighted by atomic mass is 10.1. The van der Waals surface area contributed by atoms with Gasteiger partial charge in [0.15, 0.2) is 0 Å². The Bertz CT molecular complexity index is 500. The summed E-state index contributed by atoms with van der Waals surface area (Å²) in [5.41, 5.74) is 1.20. The fourth-order valence-electron chi connectivity index (χ4n) is 2.78. The van der Waals surface area contributed by atoms with E-state index in [1.165, 1.54) is 10.6 Å². The maximum absolute atomic E-state index is 4.78. The molecule has 0 aliphatic rings. The molecule has 0 aliphatic heterocycles. The molecule has 2 heterocycles. The second-order valence-corrected chi connectivity index (χ2v) is 6.53. The van der Waals surface area contributed by atoms with Gasteiger partial charge in [0.2, 0.25) is 0 Å². The fraction of sp³-hybridized carbons (Fsp3) is 0.588. The van der Waals surface area contributed by atoms with Gasteiger partial charge in [-0.25, -0.2) is 0 Å². The van der Waals surface area contributed by atoms with E-state index >= 15 is 0 Å². The molecule has 0 spiro atoms.